The van der Waals surface area contributed by atoms with Crippen LogP contribution in [0.25, 0.3) is 0 Å². The second-order valence-corrected chi connectivity index (χ2v) is 6.58. The fourth-order valence-electron chi connectivity index (χ4n) is 2.91. The molecule has 0 bridgehead atoms. The molecule has 0 saturated heterocycles. The van der Waals surface area contributed by atoms with Crippen LogP contribution in [0.3, 0.4) is 0 Å². The molecule has 1 aliphatic rings. The lowest BCUT2D eigenvalue weighted by Crippen LogP contribution is -2.34. The first-order chi connectivity index (χ1) is 10.5. The van der Waals surface area contributed by atoms with Crippen LogP contribution in [-0.4, -0.2) is 26.2 Å². The van der Waals surface area contributed by atoms with E-state index < -0.39 is 0 Å². The van der Waals surface area contributed by atoms with Gasteiger partial charge < -0.3 is 4.57 Å². The van der Waals surface area contributed by atoms with Crippen molar-refractivity contribution in [1.29, 1.82) is 0 Å². The molecule has 0 unspecified atom stereocenters. The summed E-state index contributed by atoms with van der Waals surface area (Å²) in [4.78, 5) is 2.30. The quantitative estimate of drug-likeness (QED) is 0.871. The Morgan fingerprint density at radius 3 is 2.77 bits per heavy atom. The van der Waals surface area contributed by atoms with E-state index in [1.807, 2.05) is 12.1 Å². The fourth-order valence-corrected chi connectivity index (χ4v) is 2.91. The lowest BCUT2D eigenvalue weighted by Gasteiger charge is -2.28. The standard InChI is InChI=1S/C17H23FN4/c1-12(2)8-16-19-20-17-11-21(6-7-22(16)17)10-14-5-4-13(3)15(18)9-14/h4-5,9,12H,6-8,10-11H2,1-3H3. The average molecular weight is 302 g/mol. The maximum atomic E-state index is 13.7. The molecule has 22 heavy (non-hydrogen) atoms. The van der Waals surface area contributed by atoms with Gasteiger partial charge in [-0.2, -0.15) is 0 Å². The van der Waals surface area contributed by atoms with Gasteiger partial charge in [0.15, 0.2) is 0 Å². The summed E-state index contributed by atoms with van der Waals surface area (Å²) in [6.07, 6.45) is 0.968. The van der Waals surface area contributed by atoms with Gasteiger partial charge in [-0.1, -0.05) is 26.0 Å². The number of halogens is 1. The lowest BCUT2D eigenvalue weighted by atomic mass is 10.1. The molecule has 0 aliphatic carbocycles. The molecule has 5 heteroatoms. The van der Waals surface area contributed by atoms with Crippen molar-refractivity contribution in [3.05, 3.63) is 46.8 Å². The van der Waals surface area contributed by atoms with Gasteiger partial charge in [-0.15, -0.1) is 10.2 Å². The Bertz CT molecular complexity index is 663. The molecule has 1 aromatic heterocycles. The molecule has 2 aromatic rings. The monoisotopic (exact) mass is 302 g/mol. The van der Waals surface area contributed by atoms with Gasteiger partial charge in [-0.05, 0) is 30.0 Å². The van der Waals surface area contributed by atoms with E-state index in [1.54, 1.807) is 13.0 Å². The number of fused-ring (bicyclic) bond motifs is 1. The summed E-state index contributed by atoms with van der Waals surface area (Å²) >= 11 is 0. The summed E-state index contributed by atoms with van der Waals surface area (Å²) in [7, 11) is 0. The van der Waals surface area contributed by atoms with Gasteiger partial charge in [-0.25, -0.2) is 4.39 Å². The Labute approximate surface area is 131 Å². The van der Waals surface area contributed by atoms with Crippen molar-refractivity contribution in [1.82, 2.24) is 19.7 Å². The third-order valence-electron chi connectivity index (χ3n) is 4.14. The summed E-state index contributed by atoms with van der Waals surface area (Å²) in [5, 5.41) is 8.66. The normalized spacial score (nSPS) is 15.3. The zero-order valence-electron chi connectivity index (χ0n) is 13.5. The number of hydrogen-bond acceptors (Lipinski definition) is 3. The smallest absolute Gasteiger partial charge is 0.147 e. The van der Waals surface area contributed by atoms with Gasteiger partial charge in [0, 0.05) is 26.1 Å². The second kappa shape index (κ2) is 6.16. The first kappa shape index (κ1) is 15.2. The summed E-state index contributed by atoms with van der Waals surface area (Å²) in [6.45, 7) is 9.58. The van der Waals surface area contributed by atoms with E-state index >= 15 is 0 Å². The molecule has 0 radical (unpaired) electrons. The van der Waals surface area contributed by atoms with Crippen molar-refractivity contribution in [3.8, 4) is 0 Å². The predicted octanol–water partition coefficient (Wildman–Crippen LogP) is 2.94. The van der Waals surface area contributed by atoms with Crippen LogP contribution >= 0.6 is 0 Å². The minimum atomic E-state index is -0.128. The lowest BCUT2D eigenvalue weighted by molar-refractivity contribution is 0.206. The highest BCUT2D eigenvalue weighted by Crippen LogP contribution is 2.18. The Hall–Kier alpha value is -1.75. The second-order valence-electron chi connectivity index (χ2n) is 6.58. The minimum Gasteiger partial charge on any atom is -0.313 e. The molecule has 0 spiro atoms. The highest BCUT2D eigenvalue weighted by atomic mass is 19.1. The largest absolute Gasteiger partial charge is 0.313 e. The van der Waals surface area contributed by atoms with Gasteiger partial charge in [0.05, 0.1) is 6.54 Å². The predicted molar refractivity (Wildman–Crippen MR) is 83.8 cm³/mol. The van der Waals surface area contributed by atoms with Crippen LogP contribution in [0.15, 0.2) is 18.2 Å². The molecule has 3 rings (SSSR count). The van der Waals surface area contributed by atoms with Gasteiger partial charge in [0.25, 0.3) is 0 Å². The van der Waals surface area contributed by atoms with Crippen LogP contribution in [0, 0.1) is 18.7 Å². The van der Waals surface area contributed by atoms with E-state index in [9.17, 15) is 4.39 Å². The molecule has 1 aromatic carbocycles. The number of hydrogen-bond donors (Lipinski definition) is 0. The fraction of sp³-hybridized carbons (Fsp3) is 0.529. The molecule has 4 nitrogen and oxygen atoms in total. The highest BCUT2D eigenvalue weighted by molar-refractivity contribution is 5.23. The molecule has 0 amide bonds. The van der Waals surface area contributed by atoms with Gasteiger partial charge in [-0.3, -0.25) is 4.90 Å². The zero-order valence-corrected chi connectivity index (χ0v) is 13.5. The average Bonchev–Trinajstić information content (AvgIpc) is 2.85. The first-order valence-electron chi connectivity index (χ1n) is 7.91. The van der Waals surface area contributed by atoms with Crippen LogP contribution in [0.5, 0.6) is 0 Å². The summed E-state index contributed by atoms with van der Waals surface area (Å²) < 4.78 is 15.9. The van der Waals surface area contributed by atoms with E-state index in [4.69, 9.17) is 0 Å². The Morgan fingerprint density at radius 1 is 1.23 bits per heavy atom. The van der Waals surface area contributed by atoms with E-state index in [-0.39, 0.29) is 5.82 Å². The van der Waals surface area contributed by atoms with Gasteiger partial charge in [0.1, 0.15) is 17.5 Å². The molecule has 1 aliphatic heterocycles. The van der Waals surface area contributed by atoms with Crippen molar-refractivity contribution >= 4 is 0 Å². The van der Waals surface area contributed by atoms with Crippen molar-refractivity contribution in [3.63, 3.8) is 0 Å². The topological polar surface area (TPSA) is 34.0 Å². The molecule has 2 heterocycles. The number of aryl methyl sites for hydroxylation is 1. The molecule has 118 valence electrons. The highest BCUT2D eigenvalue weighted by Gasteiger charge is 2.21. The van der Waals surface area contributed by atoms with E-state index in [1.165, 1.54) is 0 Å². The van der Waals surface area contributed by atoms with Crippen LogP contribution in [0.2, 0.25) is 0 Å². The zero-order chi connectivity index (χ0) is 15.7. The Balaban J connectivity index is 1.69. The van der Waals surface area contributed by atoms with Crippen LogP contribution in [0.1, 0.15) is 36.6 Å². The molecule has 0 fully saturated rings. The summed E-state index contributed by atoms with van der Waals surface area (Å²) in [5.74, 6) is 2.57. The molecule has 0 saturated carbocycles. The number of nitrogens with zero attached hydrogens (tertiary/aromatic N) is 4. The van der Waals surface area contributed by atoms with E-state index in [2.05, 4.69) is 33.5 Å². The Kier molecular flexibility index (Phi) is 4.25. The maximum Gasteiger partial charge on any atom is 0.147 e. The van der Waals surface area contributed by atoms with Crippen LogP contribution in [0.4, 0.5) is 4.39 Å². The third kappa shape index (κ3) is 3.19. The third-order valence-corrected chi connectivity index (χ3v) is 4.14. The van der Waals surface area contributed by atoms with Crippen molar-refractivity contribution in [2.45, 2.75) is 46.8 Å². The van der Waals surface area contributed by atoms with Gasteiger partial charge in [0.2, 0.25) is 0 Å². The van der Waals surface area contributed by atoms with Crippen LogP contribution < -0.4 is 0 Å². The van der Waals surface area contributed by atoms with Crippen molar-refractivity contribution < 1.29 is 4.39 Å². The number of rotatable bonds is 4. The van der Waals surface area contributed by atoms with E-state index in [0.717, 1.165) is 49.8 Å². The maximum absolute atomic E-state index is 13.7. The van der Waals surface area contributed by atoms with E-state index in [0.29, 0.717) is 11.5 Å². The van der Waals surface area contributed by atoms with Gasteiger partial charge >= 0.3 is 0 Å². The molecule has 0 N–H and O–H groups in total. The van der Waals surface area contributed by atoms with Crippen LogP contribution in [-0.2, 0) is 26.1 Å². The van der Waals surface area contributed by atoms with Crippen molar-refractivity contribution in [2.75, 3.05) is 6.54 Å². The summed E-state index contributed by atoms with van der Waals surface area (Å²) in [6, 6.07) is 5.48. The Morgan fingerprint density at radius 2 is 2.05 bits per heavy atom. The minimum absolute atomic E-state index is 0.128. The molecular weight excluding hydrogens is 279 g/mol. The SMILES string of the molecule is Cc1ccc(CN2CCn3c(CC(C)C)nnc3C2)cc1F. The summed E-state index contributed by atoms with van der Waals surface area (Å²) in [5.41, 5.74) is 1.71. The van der Waals surface area contributed by atoms with Crippen molar-refractivity contribution in [2.24, 2.45) is 5.92 Å². The first-order valence-corrected chi connectivity index (χ1v) is 7.91. The molecular formula is C17H23FN4. The number of aromatic nitrogens is 3. The molecule has 0 atom stereocenters. The number of benzene rings is 1.